The van der Waals surface area contributed by atoms with Gasteiger partial charge in [-0.3, -0.25) is 9.63 Å². The van der Waals surface area contributed by atoms with Crippen molar-refractivity contribution >= 4 is 5.91 Å². The summed E-state index contributed by atoms with van der Waals surface area (Å²) in [6, 6.07) is 2.99. The maximum absolute atomic E-state index is 12.8. The van der Waals surface area contributed by atoms with Crippen molar-refractivity contribution in [3.8, 4) is 5.75 Å². The second-order valence-electron chi connectivity index (χ2n) is 4.55. The maximum atomic E-state index is 12.8. The predicted molar refractivity (Wildman–Crippen MR) is 64.2 cm³/mol. The van der Waals surface area contributed by atoms with Crippen LogP contribution in [0.1, 0.15) is 28.8 Å². The molecule has 2 rings (SSSR count). The highest BCUT2D eigenvalue weighted by Crippen LogP contribution is 2.35. The van der Waals surface area contributed by atoms with Crippen molar-refractivity contribution in [2.75, 3.05) is 14.2 Å². The molecule has 0 saturated heterocycles. The highest BCUT2D eigenvalue weighted by Gasteiger charge is 2.33. The number of hydroxylamine groups is 2. The van der Waals surface area contributed by atoms with Gasteiger partial charge in [-0.2, -0.15) is 13.2 Å². The number of hydrogen-bond acceptors (Lipinski definition) is 3. The Labute approximate surface area is 114 Å². The molecule has 0 radical (unpaired) electrons. The lowest BCUT2D eigenvalue weighted by molar-refractivity contribution is -0.137. The molecule has 7 heteroatoms. The standard InChI is InChI=1S/C13H14F3NO3/c1-17(19-2)12(18)8-5-9(13(14,15)16)7-11(6-8)20-10-3-4-10/h5-7,10H,3-4H2,1-2H3. The van der Waals surface area contributed by atoms with Gasteiger partial charge >= 0.3 is 6.18 Å². The van der Waals surface area contributed by atoms with E-state index >= 15 is 0 Å². The van der Waals surface area contributed by atoms with E-state index in [2.05, 4.69) is 4.84 Å². The monoisotopic (exact) mass is 289 g/mol. The average Bonchev–Trinajstić information content (AvgIpc) is 3.19. The van der Waals surface area contributed by atoms with Gasteiger partial charge < -0.3 is 4.74 Å². The molecule has 1 aromatic carbocycles. The Morgan fingerprint density at radius 1 is 1.30 bits per heavy atom. The molecule has 1 aliphatic carbocycles. The Bertz CT molecular complexity index is 512. The number of hydrogen-bond donors (Lipinski definition) is 0. The third kappa shape index (κ3) is 3.41. The minimum Gasteiger partial charge on any atom is -0.490 e. The smallest absolute Gasteiger partial charge is 0.416 e. The molecule has 4 nitrogen and oxygen atoms in total. The van der Waals surface area contributed by atoms with Gasteiger partial charge in [0.05, 0.1) is 18.8 Å². The van der Waals surface area contributed by atoms with E-state index in [9.17, 15) is 18.0 Å². The van der Waals surface area contributed by atoms with Crippen LogP contribution >= 0.6 is 0 Å². The summed E-state index contributed by atoms with van der Waals surface area (Å²) in [7, 11) is 2.58. The largest absolute Gasteiger partial charge is 0.490 e. The zero-order valence-corrected chi connectivity index (χ0v) is 11.0. The molecule has 0 N–H and O–H groups in total. The van der Waals surface area contributed by atoms with Crippen LogP contribution in [-0.4, -0.2) is 31.2 Å². The van der Waals surface area contributed by atoms with Gasteiger partial charge in [-0.1, -0.05) is 0 Å². The second kappa shape index (κ2) is 5.32. The van der Waals surface area contributed by atoms with Crippen LogP contribution in [0.15, 0.2) is 18.2 Å². The fraction of sp³-hybridized carbons (Fsp3) is 0.462. The van der Waals surface area contributed by atoms with E-state index in [1.54, 1.807) is 0 Å². The summed E-state index contributed by atoms with van der Waals surface area (Å²) in [5.74, 6) is -0.616. The Morgan fingerprint density at radius 2 is 1.95 bits per heavy atom. The van der Waals surface area contributed by atoms with E-state index in [1.807, 2.05) is 0 Å². The van der Waals surface area contributed by atoms with Crippen LogP contribution < -0.4 is 4.74 Å². The molecule has 20 heavy (non-hydrogen) atoms. The number of carbonyl (C=O) groups excluding carboxylic acids is 1. The lowest BCUT2D eigenvalue weighted by atomic mass is 10.1. The molecule has 0 spiro atoms. The first-order chi connectivity index (χ1) is 9.31. The SMILES string of the molecule is CON(C)C(=O)c1cc(OC2CC2)cc(C(F)(F)F)c1. The molecule has 0 heterocycles. The van der Waals surface area contributed by atoms with E-state index in [1.165, 1.54) is 20.2 Å². The van der Waals surface area contributed by atoms with Crippen LogP contribution in [0.3, 0.4) is 0 Å². The summed E-state index contributed by atoms with van der Waals surface area (Å²) < 4.78 is 43.9. The fourth-order valence-corrected chi connectivity index (χ4v) is 1.60. The zero-order chi connectivity index (χ0) is 14.9. The van der Waals surface area contributed by atoms with Crippen molar-refractivity contribution < 1.29 is 27.5 Å². The quantitative estimate of drug-likeness (QED) is 0.800. The average molecular weight is 289 g/mol. The Balaban J connectivity index is 2.36. The van der Waals surface area contributed by atoms with Crippen LogP contribution in [0, 0.1) is 0 Å². The molecule has 1 saturated carbocycles. The van der Waals surface area contributed by atoms with Gasteiger partial charge in [-0.05, 0) is 31.0 Å². The Kier molecular flexibility index (Phi) is 3.89. The first-order valence-corrected chi connectivity index (χ1v) is 6.02. The topological polar surface area (TPSA) is 38.8 Å². The van der Waals surface area contributed by atoms with E-state index in [4.69, 9.17) is 4.74 Å². The molecule has 1 aromatic rings. The zero-order valence-electron chi connectivity index (χ0n) is 11.0. The van der Waals surface area contributed by atoms with Gasteiger partial charge in [0.25, 0.3) is 5.91 Å². The van der Waals surface area contributed by atoms with Gasteiger partial charge in [0.15, 0.2) is 0 Å². The van der Waals surface area contributed by atoms with Crippen LogP contribution in [-0.2, 0) is 11.0 Å². The Morgan fingerprint density at radius 3 is 2.45 bits per heavy atom. The molecule has 1 fully saturated rings. The molecule has 1 aliphatic rings. The van der Waals surface area contributed by atoms with Gasteiger partial charge in [0.2, 0.25) is 0 Å². The number of carbonyl (C=O) groups is 1. The van der Waals surface area contributed by atoms with Crippen molar-refractivity contribution in [2.45, 2.75) is 25.1 Å². The van der Waals surface area contributed by atoms with Crippen molar-refractivity contribution in [1.82, 2.24) is 5.06 Å². The van der Waals surface area contributed by atoms with Gasteiger partial charge in [0.1, 0.15) is 5.75 Å². The molecule has 0 aromatic heterocycles. The first kappa shape index (κ1) is 14.6. The number of benzene rings is 1. The number of halogens is 3. The number of amides is 1. The second-order valence-corrected chi connectivity index (χ2v) is 4.55. The summed E-state index contributed by atoms with van der Waals surface area (Å²) in [5, 5.41) is 0.858. The van der Waals surface area contributed by atoms with Crippen LogP contribution in [0.2, 0.25) is 0 Å². The summed E-state index contributed by atoms with van der Waals surface area (Å²) >= 11 is 0. The summed E-state index contributed by atoms with van der Waals surface area (Å²) in [6.07, 6.45) is -2.96. The van der Waals surface area contributed by atoms with E-state index < -0.39 is 17.6 Å². The van der Waals surface area contributed by atoms with Gasteiger partial charge in [-0.15, -0.1) is 0 Å². The third-order valence-electron chi connectivity index (χ3n) is 2.87. The van der Waals surface area contributed by atoms with Crippen molar-refractivity contribution in [3.05, 3.63) is 29.3 Å². The number of ether oxygens (including phenoxy) is 1. The predicted octanol–water partition coefficient (Wildman–Crippen LogP) is 2.88. The molecular formula is C13H14F3NO3. The normalized spacial score (nSPS) is 15.1. The minimum absolute atomic E-state index is 0.0511. The summed E-state index contributed by atoms with van der Waals surface area (Å²) in [6.45, 7) is 0. The van der Waals surface area contributed by atoms with Gasteiger partial charge in [0, 0.05) is 12.6 Å². The van der Waals surface area contributed by atoms with Crippen molar-refractivity contribution in [2.24, 2.45) is 0 Å². The molecule has 110 valence electrons. The molecule has 0 aliphatic heterocycles. The van der Waals surface area contributed by atoms with E-state index in [0.717, 1.165) is 30.0 Å². The molecule has 0 unspecified atom stereocenters. The first-order valence-electron chi connectivity index (χ1n) is 6.02. The highest BCUT2D eigenvalue weighted by molar-refractivity contribution is 5.94. The van der Waals surface area contributed by atoms with E-state index in [0.29, 0.717) is 0 Å². The summed E-state index contributed by atoms with van der Waals surface area (Å²) in [5.41, 5.74) is -1.04. The summed E-state index contributed by atoms with van der Waals surface area (Å²) in [4.78, 5) is 16.6. The molecule has 0 bridgehead atoms. The highest BCUT2D eigenvalue weighted by atomic mass is 19.4. The van der Waals surface area contributed by atoms with Crippen LogP contribution in [0.4, 0.5) is 13.2 Å². The van der Waals surface area contributed by atoms with E-state index in [-0.39, 0.29) is 17.4 Å². The lowest BCUT2D eigenvalue weighted by Crippen LogP contribution is -2.25. The minimum atomic E-state index is -4.54. The molecule has 1 amide bonds. The Hall–Kier alpha value is -1.76. The molecule has 0 atom stereocenters. The van der Waals surface area contributed by atoms with Crippen LogP contribution in [0.5, 0.6) is 5.75 Å². The van der Waals surface area contributed by atoms with Crippen molar-refractivity contribution in [1.29, 1.82) is 0 Å². The van der Waals surface area contributed by atoms with Gasteiger partial charge in [-0.25, -0.2) is 5.06 Å². The van der Waals surface area contributed by atoms with Crippen LogP contribution in [0.25, 0.3) is 0 Å². The third-order valence-corrected chi connectivity index (χ3v) is 2.87. The lowest BCUT2D eigenvalue weighted by Gasteiger charge is -2.16. The molecular weight excluding hydrogens is 275 g/mol. The number of alkyl halides is 3. The maximum Gasteiger partial charge on any atom is 0.416 e. The number of rotatable bonds is 4. The van der Waals surface area contributed by atoms with Crippen molar-refractivity contribution in [3.63, 3.8) is 0 Å². The number of nitrogens with zero attached hydrogens (tertiary/aromatic N) is 1. The fourth-order valence-electron chi connectivity index (χ4n) is 1.60.